The zero-order chi connectivity index (χ0) is 11.5. The largest absolute Gasteiger partial charge is 0.328 e. The van der Waals surface area contributed by atoms with E-state index < -0.39 is 0 Å². The maximum atomic E-state index is 11.5. The number of hydrogen-bond acceptors (Lipinski definition) is 4. The highest BCUT2D eigenvalue weighted by Gasteiger charge is 2.06. The normalized spacial score (nSPS) is 12.6. The van der Waals surface area contributed by atoms with Crippen LogP contribution in [0.3, 0.4) is 0 Å². The Morgan fingerprint density at radius 3 is 3.06 bits per heavy atom. The van der Waals surface area contributed by atoms with Crippen molar-refractivity contribution in [2.75, 3.05) is 0 Å². The molecule has 0 fully saturated rings. The van der Waals surface area contributed by atoms with Gasteiger partial charge >= 0.3 is 0 Å². The first-order chi connectivity index (χ1) is 7.65. The van der Waals surface area contributed by atoms with Gasteiger partial charge in [0.1, 0.15) is 5.82 Å². The molecule has 2 aromatic rings. The van der Waals surface area contributed by atoms with E-state index in [2.05, 4.69) is 9.97 Å². The summed E-state index contributed by atoms with van der Waals surface area (Å²) in [6, 6.07) is 5.38. The van der Waals surface area contributed by atoms with Crippen molar-refractivity contribution < 1.29 is 0 Å². The third-order valence-corrected chi connectivity index (χ3v) is 2.97. The van der Waals surface area contributed by atoms with Gasteiger partial charge in [0.15, 0.2) is 0 Å². The summed E-state index contributed by atoms with van der Waals surface area (Å²) in [4.78, 5) is 19.5. The van der Waals surface area contributed by atoms with Gasteiger partial charge in [0.2, 0.25) is 0 Å². The minimum atomic E-state index is -0.131. The summed E-state index contributed by atoms with van der Waals surface area (Å²) in [5.74, 6) is 0.644. The van der Waals surface area contributed by atoms with E-state index in [0.29, 0.717) is 12.2 Å². The van der Waals surface area contributed by atoms with E-state index in [1.807, 2.05) is 24.4 Å². The quantitative estimate of drug-likeness (QED) is 0.844. The van der Waals surface area contributed by atoms with E-state index in [4.69, 9.17) is 5.73 Å². The molecule has 0 radical (unpaired) electrons. The molecular weight excluding hydrogens is 222 g/mol. The van der Waals surface area contributed by atoms with Crippen LogP contribution in [0.2, 0.25) is 0 Å². The van der Waals surface area contributed by atoms with Gasteiger partial charge in [-0.25, -0.2) is 4.98 Å². The summed E-state index contributed by atoms with van der Waals surface area (Å²) in [5, 5.41) is 1.96. The average molecular weight is 235 g/mol. The fourth-order valence-corrected chi connectivity index (χ4v) is 2.15. The molecule has 1 atom stereocenters. The summed E-state index contributed by atoms with van der Waals surface area (Å²) in [5.41, 5.74) is 6.27. The van der Waals surface area contributed by atoms with Crippen molar-refractivity contribution in [3.8, 4) is 10.6 Å². The second kappa shape index (κ2) is 4.59. The fraction of sp³-hybridized carbons (Fsp3) is 0.273. The van der Waals surface area contributed by atoms with Crippen LogP contribution in [0.1, 0.15) is 12.7 Å². The molecule has 0 spiro atoms. The fourth-order valence-electron chi connectivity index (χ4n) is 1.46. The number of hydrogen-bond donors (Lipinski definition) is 2. The zero-order valence-electron chi connectivity index (χ0n) is 8.93. The number of aromatic nitrogens is 2. The molecule has 0 amide bonds. The Balaban J connectivity index is 2.40. The number of rotatable bonds is 3. The van der Waals surface area contributed by atoms with Gasteiger partial charge in [-0.1, -0.05) is 6.07 Å². The Morgan fingerprint density at radius 2 is 2.44 bits per heavy atom. The lowest BCUT2D eigenvalue weighted by atomic mass is 10.2. The van der Waals surface area contributed by atoms with E-state index in [9.17, 15) is 4.79 Å². The van der Waals surface area contributed by atoms with Crippen LogP contribution in [-0.4, -0.2) is 16.0 Å². The van der Waals surface area contributed by atoms with Crippen LogP contribution < -0.4 is 11.3 Å². The van der Waals surface area contributed by atoms with E-state index in [1.165, 1.54) is 6.07 Å². The molecule has 0 aliphatic rings. The van der Waals surface area contributed by atoms with Crippen LogP contribution in [0, 0.1) is 0 Å². The van der Waals surface area contributed by atoms with Crippen molar-refractivity contribution in [2.45, 2.75) is 19.4 Å². The first-order valence-corrected chi connectivity index (χ1v) is 5.93. The minimum absolute atomic E-state index is 0.0123. The van der Waals surface area contributed by atoms with Crippen LogP contribution in [0.5, 0.6) is 0 Å². The molecule has 16 heavy (non-hydrogen) atoms. The molecule has 2 heterocycles. The number of H-pyrrole nitrogens is 1. The van der Waals surface area contributed by atoms with Crippen molar-refractivity contribution in [1.29, 1.82) is 0 Å². The molecule has 3 N–H and O–H groups in total. The number of nitrogens with zero attached hydrogens (tertiary/aromatic N) is 1. The molecule has 84 valence electrons. The molecular formula is C11H13N3OS. The Morgan fingerprint density at radius 1 is 1.62 bits per heavy atom. The molecule has 1 unspecified atom stereocenters. The molecule has 0 aromatic carbocycles. The summed E-state index contributed by atoms with van der Waals surface area (Å²) in [6.07, 6.45) is 0.578. The van der Waals surface area contributed by atoms with E-state index in [1.54, 1.807) is 11.3 Å². The highest BCUT2D eigenvalue weighted by atomic mass is 32.1. The third-order valence-electron chi connectivity index (χ3n) is 2.08. The third kappa shape index (κ3) is 2.56. The highest BCUT2D eigenvalue weighted by Crippen LogP contribution is 2.21. The van der Waals surface area contributed by atoms with Crippen LogP contribution in [0.4, 0.5) is 0 Å². The van der Waals surface area contributed by atoms with Crippen molar-refractivity contribution in [2.24, 2.45) is 5.73 Å². The first-order valence-electron chi connectivity index (χ1n) is 5.05. The molecule has 0 saturated carbocycles. The maximum Gasteiger partial charge on any atom is 0.251 e. The second-order valence-corrected chi connectivity index (χ2v) is 4.68. The van der Waals surface area contributed by atoms with E-state index in [-0.39, 0.29) is 11.6 Å². The maximum absolute atomic E-state index is 11.5. The van der Waals surface area contributed by atoms with Gasteiger partial charge in [0, 0.05) is 18.5 Å². The van der Waals surface area contributed by atoms with E-state index >= 15 is 0 Å². The number of nitrogens with one attached hydrogen (secondary N) is 1. The molecule has 2 aromatic heterocycles. The van der Waals surface area contributed by atoms with Crippen LogP contribution in [0.25, 0.3) is 10.6 Å². The van der Waals surface area contributed by atoms with Gasteiger partial charge < -0.3 is 10.7 Å². The van der Waals surface area contributed by atoms with E-state index in [0.717, 1.165) is 10.6 Å². The SMILES string of the molecule is CC(N)Cc1nc(-c2cccs2)cc(=O)[nH]1. The Kier molecular flexibility index (Phi) is 3.17. The predicted molar refractivity (Wildman–Crippen MR) is 65.5 cm³/mol. The topological polar surface area (TPSA) is 71.8 Å². The van der Waals surface area contributed by atoms with Crippen LogP contribution in [-0.2, 0) is 6.42 Å². The van der Waals surface area contributed by atoms with Gasteiger partial charge in [-0.3, -0.25) is 4.79 Å². The van der Waals surface area contributed by atoms with Gasteiger partial charge in [0.05, 0.1) is 10.6 Å². The number of nitrogens with two attached hydrogens (primary N) is 1. The summed E-state index contributed by atoms with van der Waals surface area (Å²) in [7, 11) is 0. The Bertz CT molecular complexity index is 516. The van der Waals surface area contributed by atoms with Gasteiger partial charge in [-0.2, -0.15) is 0 Å². The molecule has 4 nitrogen and oxygen atoms in total. The Hall–Kier alpha value is -1.46. The monoisotopic (exact) mass is 235 g/mol. The lowest BCUT2D eigenvalue weighted by Gasteiger charge is -2.05. The van der Waals surface area contributed by atoms with Crippen LogP contribution >= 0.6 is 11.3 Å². The molecule has 0 bridgehead atoms. The van der Waals surface area contributed by atoms with Crippen molar-refractivity contribution >= 4 is 11.3 Å². The molecule has 2 rings (SSSR count). The standard InChI is InChI=1S/C11H13N3OS/c1-7(12)5-10-13-8(6-11(15)14-10)9-3-2-4-16-9/h2-4,6-7H,5,12H2,1H3,(H,13,14,15). The predicted octanol–water partition coefficient (Wildman–Crippen LogP) is 1.39. The lowest BCUT2D eigenvalue weighted by molar-refractivity contribution is 0.700. The smallest absolute Gasteiger partial charge is 0.251 e. The van der Waals surface area contributed by atoms with Crippen molar-refractivity contribution in [1.82, 2.24) is 9.97 Å². The molecule has 0 aliphatic heterocycles. The summed E-state index contributed by atoms with van der Waals surface area (Å²) < 4.78 is 0. The highest BCUT2D eigenvalue weighted by molar-refractivity contribution is 7.13. The average Bonchev–Trinajstić information content (AvgIpc) is 2.67. The second-order valence-electron chi connectivity index (χ2n) is 3.74. The van der Waals surface area contributed by atoms with Crippen LogP contribution in [0.15, 0.2) is 28.4 Å². The minimum Gasteiger partial charge on any atom is -0.328 e. The van der Waals surface area contributed by atoms with Gasteiger partial charge in [0.25, 0.3) is 5.56 Å². The Labute approximate surface area is 97.2 Å². The van der Waals surface area contributed by atoms with Crippen molar-refractivity contribution in [3.05, 3.63) is 39.8 Å². The number of aromatic amines is 1. The molecule has 5 heteroatoms. The number of thiophene rings is 1. The summed E-state index contributed by atoms with van der Waals surface area (Å²) in [6.45, 7) is 1.89. The lowest BCUT2D eigenvalue weighted by Crippen LogP contribution is -2.22. The first kappa shape index (κ1) is 11.0. The van der Waals surface area contributed by atoms with Gasteiger partial charge in [-0.05, 0) is 18.4 Å². The molecule has 0 saturated heterocycles. The summed E-state index contributed by atoms with van der Waals surface area (Å²) >= 11 is 1.57. The van der Waals surface area contributed by atoms with Gasteiger partial charge in [-0.15, -0.1) is 11.3 Å². The zero-order valence-corrected chi connectivity index (χ0v) is 9.75. The van der Waals surface area contributed by atoms with Crippen molar-refractivity contribution in [3.63, 3.8) is 0 Å². The molecule has 0 aliphatic carbocycles.